The summed E-state index contributed by atoms with van der Waals surface area (Å²) < 4.78 is 12.6. The second-order valence-corrected chi connectivity index (χ2v) is 3.03. The van der Waals surface area contributed by atoms with Gasteiger partial charge in [-0.05, 0) is 24.1 Å². The van der Waals surface area contributed by atoms with E-state index >= 15 is 0 Å². The highest BCUT2D eigenvalue weighted by molar-refractivity contribution is 5.43. The number of benzene rings is 1. The molecule has 0 aliphatic heterocycles. The Morgan fingerprint density at radius 1 is 1.45 bits per heavy atom. The maximum atomic E-state index is 12.6. The average Bonchev–Trinajstić information content (AvgIpc) is 2.67. The van der Waals surface area contributed by atoms with E-state index in [9.17, 15) is 4.39 Å². The lowest BCUT2D eigenvalue weighted by Gasteiger charge is -1.97. The van der Waals surface area contributed by atoms with Crippen molar-refractivity contribution in [3.05, 3.63) is 29.8 Å². The van der Waals surface area contributed by atoms with Crippen molar-refractivity contribution in [3.63, 3.8) is 0 Å². The molecule has 1 aliphatic rings. The zero-order valence-electron chi connectivity index (χ0n) is 6.13. The maximum Gasteiger partial charge on any atom is 0.108 e. The SMILES string of the molecule is Nc1cccc(C2CC2F)c1. The molecule has 0 radical (unpaired) electrons. The first-order valence-electron chi connectivity index (χ1n) is 3.77. The van der Waals surface area contributed by atoms with Gasteiger partial charge < -0.3 is 5.73 Å². The van der Waals surface area contributed by atoms with E-state index in [1.807, 2.05) is 24.3 Å². The van der Waals surface area contributed by atoms with Gasteiger partial charge >= 0.3 is 0 Å². The maximum absolute atomic E-state index is 12.6. The molecule has 1 saturated carbocycles. The number of hydrogen-bond acceptors (Lipinski definition) is 1. The van der Waals surface area contributed by atoms with E-state index in [4.69, 9.17) is 5.73 Å². The molecule has 2 heteroatoms. The largest absolute Gasteiger partial charge is 0.399 e. The molecule has 1 aromatic rings. The molecule has 0 saturated heterocycles. The average molecular weight is 151 g/mol. The van der Waals surface area contributed by atoms with Gasteiger partial charge in [0.25, 0.3) is 0 Å². The topological polar surface area (TPSA) is 26.0 Å². The minimum absolute atomic E-state index is 0.124. The van der Waals surface area contributed by atoms with Crippen LogP contribution < -0.4 is 5.73 Å². The molecule has 2 N–H and O–H groups in total. The van der Waals surface area contributed by atoms with Crippen molar-refractivity contribution in [2.45, 2.75) is 18.5 Å². The van der Waals surface area contributed by atoms with E-state index < -0.39 is 6.17 Å². The van der Waals surface area contributed by atoms with Crippen molar-refractivity contribution in [2.75, 3.05) is 5.73 Å². The molecule has 1 aliphatic carbocycles. The van der Waals surface area contributed by atoms with E-state index in [0.29, 0.717) is 6.42 Å². The Hall–Kier alpha value is -1.05. The minimum atomic E-state index is -0.628. The fraction of sp³-hybridized carbons (Fsp3) is 0.333. The predicted molar refractivity (Wildman–Crippen MR) is 43.1 cm³/mol. The molecule has 2 unspecified atom stereocenters. The van der Waals surface area contributed by atoms with Crippen molar-refractivity contribution >= 4 is 5.69 Å². The molecule has 58 valence electrons. The Labute approximate surface area is 65.0 Å². The quantitative estimate of drug-likeness (QED) is 0.611. The third kappa shape index (κ3) is 1.20. The molecule has 0 aromatic heterocycles. The first kappa shape index (κ1) is 6.65. The molecule has 0 spiro atoms. The monoisotopic (exact) mass is 151 g/mol. The second kappa shape index (κ2) is 2.22. The third-order valence-electron chi connectivity index (χ3n) is 2.05. The van der Waals surface area contributed by atoms with E-state index in [-0.39, 0.29) is 5.92 Å². The van der Waals surface area contributed by atoms with Gasteiger partial charge in [0.2, 0.25) is 0 Å². The summed E-state index contributed by atoms with van der Waals surface area (Å²) >= 11 is 0. The summed E-state index contributed by atoms with van der Waals surface area (Å²) in [5.41, 5.74) is 7.31. The van der Waals surface area contributed by atoms with Gasteiger partial charge in [-0.2, -0.15) is 0 Å². The van der Waals surface area contributed by atoms with Crippen LogP contribution in [0.3, 0.4) is 0 Å². The lowest BCUT2D eigenvalue weighted by atomic mass is 10.1. The van der Waals surface area contributed by atoms with E-state index in [1.54, 1.807) is 0 Å². The zero-order valence-corrected chi connectivity index (χ0v) is 6.13. The Morgan fingerprint density at radius 2 is 2.18 bits per heavy atom. The molecule has 1 fully saturated rings. The highest BCUT2D eigenvalue weighted by Gasteiger charge is 2.38. The third-order valence-corrected chi connectivity index (χ3v) is 2.05. The summed E-state index contributed by atoms with van der Waals surface area (Å²) in [5, 5.41) is 0. The van der Waals surface area contributed by atoms with Crippen LogP contribution in [0, 0.1) is 0 Å². The van der Waals surface area contributed by atoms with Crippen molar-refractivity contribution in [1.82, 2.24) is 0 Å². The summed E-state index contributed by atoms with van der Waals surface area (Å²) in [4.78, 5) is 0. The molecule has 1 aromatic carbocycles. The Morgan fingerprint density at radius 3 is 2.73 bits per heavy atom. The van der Waals surface area contributed by atoms with Crippen LogP contribution in [-0.4, -0.2) is 6.17 Å². The summed E-state index contributed by atoms with van der Waals surface area (Å²) in [5.74, 6) is 0.124. The zero-order chi connectivity index (χ0) is 7.84. The number of nitrogens with two attached hydrogens (primary N) is 1. The van der Waals surface area contributed by atoms with Crippen LogP contribution in [0.1, 0.15) is 17.9 Å². The number of halogens is 1. The number of anilines is 1. The molecule has 0 bridgehead atoms. The molecule has 2 atom stereocenters. The predicted octanol–water partition coefficient (Wildman–Crippen LogP) is 2.09. The fourth-order valence-corrected chi connectivity index (χ4v) is 1.30. The van der Waals surface area contributed by atoms with Crippen LogP contribution >= 0.6 is 0 Å². The Kier molecular flexibility index (Phi) is 1.34. The first-order chi connectivity index (χ1) is 5.27. The lowest BCUT2D eigenvalue weighted by Crippen LogP contribution is -1.87. The van der Waals surface area contributed by atoms with Crippen LogP contribution in [0.2, 0.25) is 0 Å². The molecule has 2 rings (SSSR count). The molecular weight excluding hydrogens is 141 g/mol. The highest BCUT2D eigenvalue weighted by atomic mass is 19.1. The summed E-state index contributed by atoms with van der Waals surface area (Å²) in [6, 6.07) is 7.47. The summed E-state index contributed by atoms with van der Waals surface area (Å²) in [6.45, 7) is 0. The van der Waals surface area contributed by atoms with Crippen LogP contribution in [-0.2, 0) is 0 Å². The van der Waals surface area contributed by atoms with Gasteiger partial charge in [0, 0.05) is 11.6 Å². The van der Waals surface area contributed by atoms with Crippen LogP contribution in [0.4, 0.5) is 10.1 Å². The minimum Gasteiger partial charge on any atom is -0.399 e. The lowest BCUT2D eigenvalue weighted by molar-refractivity contribution is 0.468. The molecular formula is C9H10FN. The highest BCUT2D eigenvalue weighted by Crippen LogP contribution is 2.43. The number of nitrogen functional groups attached to an aromatic ring is 1. The van der Waals surface area contributed by atoms with Crippen LogP contribution in [0.5, 0.6) is 0 Å². The van der Waals surface area contributed by atoms with Crippen LogP contribution in [0.25, 0.3) is 0 Å². The van der Waals surface area contributed by atoms with Gasteiger partial charge in [0.1, 0.15) is 6.17 Å². The molecule has 0 heterocycles. The molecule has 0 amide bonds. The van der Waals surface area contributed by atoms with Gasteiger partial charge in [-0.25, -0.2) is 4.39 Å². The number of hydrogen-bond donors (Lipinski definition) is 1. The van der Waals surface area contributed by atoms with E-state index in [1.165, 1.54) is 0 Å². The fourth-order valence-electron chi connectivity index (χ4n) is 1.30. The normalized spacial score (nSPS) is 28.5. The molecule has 1 nitrogen and oxygen atoms in total. The van der Waals surface area contributed by atoms with Gasteiger partial charge in [0.05, 0.1) is 0 Å². The van der Waals surface area contributed by atoms with Crippen molar-refractivity contribution in [3.8, 4) is 0 Å². The van der Waals surface area contributed by atoms with Crippen molar-refractivity contribution in [1.29, 1.82) is 0 Å². The number of alkyl halides is 1. The van der Waals surface area contributed by atoms with Crippen LogP contribution in [0.15, 0.2) is 24.3 Å². The van der Waals surface area contributed by atoms with E-state index in [0.717, 1.165) is 11.3 Å². The van der Waals surface area contributed by atoms with E-state index in [2.05, 4.69) is 0 Å². The first-order valence-corrected chi connectivity index (χ1v) is 3.77. The summed E-state index contributed by atoms with van der Waals surface area (Å²) in [7, 11) is 0. The standard InChI is InChI=1S/C9H10FN/c10-9-5-8(9)6-2-1-3-7(11)4-6/h1-4,8-9H,5,11H2. The van der Waals surface area contributed by atoms with Crippen molar-refractivity contribution in [2.24, 2.45) is 0 Å². The Balaban J connectivity index is 2.25. The Bertz CT molecular complexity index is 272. The smallest absolute Gasteiger partial charge is 0.108 e. The molecule has 11 heavy (non-hydrogen) atoms. The van der Waals surface area contributed by atoms with Gasteiger partial charge in [0.15, 0.2) is 0 Å². The summed E-state index contributed by atoms with van der Waals surface area (Å²) in [6.07, 6.45) is 0.0421. The number of rotatable bonds is 1. The van der Waals surface area contributed by atoms with Crippen molar-refractivity contribution < 1.29 is 4.39 Å². The van der Waals surface area contributed by atoms with Gasteiger partial charge in [-0.1, -0.05) is 12.1 Å². The van der Waals surface area contributed by atoms with Gasteiger partial charge in [-0.15, -0.1) is 0 Å². The second-order valence-electron chi connectivity index (χ2n) is 3.03. The van der Waals surface area contributed by atoms with Gasteiger partial charge in [-0.3, -0.25) is 0 Å².